The normalized spacial score (nSPS) is 12.1. The van der Waals surface area contributed by atoms with Crippen molar-refractivity contribution in [1.29, 1.82) is 5.26 Å². The molecule has 6 nitrogen and oxygen atoms in total. The maximum absolute atomic E-state index is 10.7. The van der Waals surface area contributed by atoms with Gasteiger partial charge in [0.1, 0.15) is 28.4 Å². The molecule has 0 radical (unpaired) electrons. The van der Waals surface area contributed by atoms with Gasteiger partial charge < -0.3 is 23.3 Å². The molecule has 11 rings (SSSR count). The van der Waals surface area contributed by atoms with E-state index in [1.54, 1.807) is 0 Å². The van der Waals surface area contributed by atoms with Crippen LogP contribution in [0.3, 0.4) is 0 Å². The number of fused-ring (bicyclic) bond motifs is 12. The van der Waals surface area contributed by atoms with Crippen LogP contribution in [-0.4, -0.2) is 16.2 Å². The van der Waals surface area contributed by atoms with Crippen LogP contribution >= 0.6 is 0 Å². The molecule has 50 heavy (non-hydrogen) atoms. The third kappa shape index (κ3) is 3.50. The van der Waals surface area contributed by atoms with Gasteiger partial charge in [-0.25, -0.2) is 0 Å². The zero-order chi connectivity index (χ0) is 33.1. The SMILES string of the molecule is CNc1cc(C#N)c(-n2c3ccccc3c3cc4oc5ccccc5c4cc32)cc1-n1c2ccccc2c2cc3oc4ccccc4c3cc21. The Balaban J connectivity index is 1.27. The first-order valence-electron chi connectivity index (χ1n) is 16.7. The number of nitrogens with one attached hydrogen (secondary N) is 1. The Labute approximate surface area is 284 Å². The van der Waals surface area contributed by atoms with E-state index in [-0.39, 0.29) is 0 Å². The van der Waals surface area contributed by atoms with Gasteiger partial charge >= 0.3 is 0 Å². The highest BCUT2D eigenvalue weighted by molar-refractivity contribution is 6.19. The van der Waals surface area contributed by atoms with Crippen LogP contribution in [0, 0.1) is 11.3 Å². The van der Waals surface area contributed by atoms with Crippen molar-refractivity contribution in [3.05, 3.63) is 139 Å². The van der Waals surface area contributed by atoms with E-state index < -0.39 is 0 Å². The summed E-state index contributed by atoms with van der Waals surface area (Å²) in [6.45, 7) is 0. The summed E-state index contributed by atoms with van der Waals surface area (Å²) in [6, 6.07) is 48.7. The maximum atomic E-state index is 10.7. The van der Waals surface area contributed by atoms with Gasteiger partial charge in [-0.1, -0.05) is 72.8 Å². The van der Waals surface area contributed by atoms with Crippen LogP contribution < -0.4 is 5.32 Å². The van der Waals surface area contributed by atoms with Crippen LogP contribution in [0.5, 0.6) is 0 Å². The van der Waals surface area contributed by atoms with E-state index in [2.05, 4.69) is 118 Å². The number of furan rings is 2. The number of benzene rings is 7. The standard InChI is InChI=1S/C44H26N4O2/c1-46-34-18-25(24-45)37(47-35-14-6-2-10-26(35)30-21-43-32(19-38(30)47)28-12-4-8-16-41(28)49-43)23-40(34)48-36-15-7-3-11-27(36)31-22-44-33(20-39(31)48)29-13-5-9-17-42(29)50-44/h2-23,46H,1H3. The molecule has 0 saturated carbocycles. The molecule has 0 unspecified atom stereocenters. The van der Waals surface area contributed by atoms with Crippen LogP contribution in [0.1, 0.15) is 5.56 Å². The van der Waals surface area contributed by atoms with Crippen molar-refractivity contribution in [1.82, 2.24) is 9.13 Å². The van der Waals surface area contributed by atoms with Gasteiger partial charge in [0.05, 0.1) is 44.7 Å². The molecule has 0 atom stereocenters. The number of anilines is 1. The lowest BCUT2D eigenvalue weighted by molar-refractivity contribution is 0.669. The molecule has 4 heterocycles. The summed E-state index contributed by atoms with van der Waals surface area (Å²) in [5.74, 6) is 0. The first-order chi connectivity index (χ1) is 24.7. The smallest absolute Gasteiger partial charge is 0.136 e. The topological polar surface area (TPSA) is 72.0 Å². The van der Waals surface area contributed by atoms with Crippen molar-refractivity contribution in [2.24, 2.45) is 0 Å². The van der Waals surface area contributed by atoms with Crippen molar-refractivity contribution >= 4 is 93.2 Å². The molecule has 7 aromatic carbocycles. The van der Waals surface area contributed by atoms with Crippen molar-refractivity contribution in [3.8, 4) is 17.4 Å². The largest absolute Gasteiger partial charge is 0.456 e. The van der Waals surface area contributed by atoms with Crippen molar-refractivity contribution in [3.63, 3.8) is 0 Å². The Morgan fingerprint density at radius 2 is 0.940 bits per heavy atom. The summed E-state index contributed by atoms with van der Waals surface area (Å²) < 4.78 is 17.2. The first kappa shape index (κ1) is 27.0. The third-order valence-electron chi connectivity index (χ3n) is 10.3. The minimum absolute atomic E-state index is 0.571. The molecule has 11 aromatic rings. The molecule has 4 aromatic heterocycles. The Kier molecular flexibility index (Phi) is 5.29. The second kappa shape index (κ2) is 9.79. The van der Waals surface area contributed by atoms with Crippen LogP contribution in [0.2, 0.25) is 0 Å². The van der Waals surface area contributed by atoms with Gasteiger partial charge in [-0.05, 0) is 60.7 Å². The van der Waals surface area contributed by atoms with Crippen molar-refractivity contribution in [2.45, 2.75) is 0 Å². The van der Waals surface area contributed by atoms with Gasteiger partial charge in [0, 0.05) is 50.1 Å². The fraction of sp³-hybridized carbons (Fsp3) is 0.0227. The predicted molar refractivity (Wildman–Crippen MR) is 204 cm³/mol. The molecule has 6 heteroatoms. The van der Waals surface area contributed by atoms with Crippen molar-refractivity contribution in [2.75, 3.05) is 12.4 Å². The number of hydrogen-bond acceptors (Lipinski definition) is 4. The van der Waals surface area contributed by atoms with Crippen LogP contribution in [0.25, 0.3) is 98.9 Å². The van der Waals surface area contributed by atoms with Gasteiger partial charge in [-0.15, -0.1) is 0 Å². The maximum Gasteiger partial charge on any atom is 0.136 e. The van der Waals surface area contributed by atoms with Gasteiger partial charge in [0.15, 0.2) is 0 Å². The molecule has 0 fully saturated rings. The number of aromatic nitrogens is 2. The minimum atomic E-state index is 0.571. The van der Waals surface area contributed by atoms with E-state index >= 15 is 0 Å². The van der Waals surface area contributed by atoms with Gasteiger partial charge in [-0.2, -0.15) is 5.26 Å². The van der Waals surface area contributed by atoms with E-state index in [0.717, 1.165) is 105 Å². The summed E-state index contributed by atoms with van der Waals surface area (Å²) >= 11 is 0. The summed E-state index contributed by atoms with van der Waals surface area (Å²) in [7, 11) is 1.91. The summed E-state index contributed by atoms with van der Waals surface area (Å²) in [5, 5.41) is 22.8. The molecule has 0 aliphatic rings. The second-order valence-corrected chi connectivity index (χ2v) is 12.9. The second-order valence-electron chi connectivity index (χ2n) is 12.9. The van der Waals surface area contributed by atoms with Crippen LogP contribution in [0.15, 0.2) is 142 Å². The number of nitriles is 1. The summed E-state index contributed by atoms with van der Waals surface area (Å²) in [4.78, 5) is 0. The predicted octanol–water partition coefficient (Wildman–Crippen LogP) is 11.6. The average Bonchev–Trinajstić information content (AvgIpc) is 3.90. The quantitative estimate of drug-likeness (QED) is 0.208. The molecule has 0 spiro atoms. The fourth-order valence-electron chi connectivity index (χ4n) is 8.13. The van der Waals surface area contributed by atoms with Crippen LogP contribution in [-0.2, 0) is 0 Å². The number of nitrogens with zero attached hydrogens (tertiary/aromatic N) is 3. The minimum Gasteiger partial charge on any atom is -0.456 e. The fourth-order valence-corrected chi connectivity index (χ4v) is 8.13. The highest BCUT2D eigenvalue weighted by Gasteiger charge is 2.23. The number of hydrogen-bond donors (Lipinski definition) is 1. The highest BCUT2D eigenvalue weighted by atomic mass is 16.3. The molecule has 234 valence electrons. The third-order valence-corrected chi connectivity index (χ3v) is 10.3. The summed E-state index contributed by atoms with van der Waals surface area (Å²) in [6.07, 6.45) is 0. The Bertz CT molecular complexity index is 3270. The molecular weight excluding hydrogens is 617 g/mol. The highest BCUT2D eigenvalue weighted by Crippen LogP contribution is 2.43. The molecule has 0 aliphatic heterocycles. The summed E-state index contributed by atoms with van der Waals surface area (Å²) in [5.41, 5.74) is 10.8. The molecule has 0 saturated heterocycles. The van der Waals surface area contributed by atoms with E-state index in [1.165, 1.54) is 0 Å². The number of para-hydroxylation sites is 4. The lowest BCUT2D eigenvalue weighted by Crippen LogP contribution is -2.05. The van der Waals surface area contributed by atoms with E-state index in [9.17, 15) is 5.26 Å². The van der Waals surface area contributed by atoms with E-state index in [4.69, 9.17) is 8.83 Å². The Morgan fingerprint density at radius 3 is 1.46 bits per heavy atom. The average molecular weight is 643 g/mol. The molecule has 0 aliphatic carbocycles. The molecular formula is C44H26N4O2. The van der Waals surface area contributed by atoms with Gasteiger partial charge in [0.2, 0.25) is 0 Å². The first-order valence-corrected chi connectivity index (χ1v) is 16.7. The van der Waals surface area contributed by atoms with E-state index in [0.29, 0.717) is 5.56 Å². The monoisotopic (exact) mass is 642 g/mol. The lowest BCUT2D eigenvalue weighted by Gasteiger charge is -2.18. The van der Waals surface area contributed by atoms with E-state index in [1.807, 2.05) is 43.4 Å². The van der Waals surface area contributed by atoms with Gasteiger partial charge in [0.25, 0.3) is 0 Å². The molecule has 0 bridgehead atoms. The zero-order valence-corrected chi connectivity index (χ0v) is 26.9. The van der Waals surface area contributed by atoms with Crippen molar-refractivity contribution < 1.29 is 8.83 Å². The Morgan fingerprint density at radius 1 is 0.460 bits per heavy atom. The van der Waals surface area contributed by atoms with Gasteiger partial charge in [-0.3, -0.25) is 0 Å². The molecule has 1 N–H and O–H groups in total. The lowest BCUT2D eigenvalue weighted by atomic mass is 10.1. The number of rotatable bonds is 3. The zero-order valence-electron chi connectivity index (χ0n) is 26.9. The molecule has 0 amide bonds. The van der Waals surface area contributed by atoms with Crippen LogP contribution in [0.4, 0.5) is 5.69 Å². The Hall–Kier alpha value is -6.97.